The van der Waals surface area contributed by atoms with Crippen molar-refractivity contribution in [2.24, 2.45) is 0 Å². The van der Waals surface area contributed by atoms with E-state index in [1.54, 1.807) is 31.2 Å². The van der Waals surface area contributed by atoms with Gasteiger partial charge in [0.25, 0.3) is 0 Å². The van der Waals surface area contributed by atoms with Gasteiger partial charge in [-0.3, -0.25) is 0 Å². The molecule has 0 unspecified atom stereocenters. The van der Waals surface area contributed by atoms with Gasteiger partial charge >= 0.3 is 5.97 Å². The highest BCUT2D eigenvalue weighted by atomic mass is 19.1. The number of aromatic carboxylic acids is 1. The van der Waals surface area contributed by atoms with Crippen molar-refractivity contribution < 1.29 is 19.0 Å². The summed E-state index contributed by atoms with van der Waals surface area (Å²) in [4.78, 5) is 19.3. The van der Waals surface area contributed by atoms with E-state index in [4.69, 9.17) is 15.1 Å². The molecule has 1 N–H and O–H groups in total. The Morgan fingerprint density at radius 1 is 1.26 bits per heavy atom. The van der Waals surface area contributed by atoms with E-state index in [1.165, 1.54) is 24.4 Å². The van der Waals surface area contributed by atoms with Crippen LogP contribution in [-0.4, -0.2) is 21.0 Å². The van der Waals surface area contributed by atoms with E-state index < -0.39 is 11.8 Å². The number of halogens is 1. The first-order valence-corrected chi connectivity index (χ1v) is 7.96. The summed E-state index contributed by atoms with van der Waals surface area (Å²) in [5.41, 5.74) is 1.97. The molecule has 0 saturated heterocycles. The number of aromatic nitrogens is 2. The number of benzene rings is 2. The van der Waals surface area contributed by atoms with Crippen LogP contribution in [0.3, 0.4) is 0 Å². The summed E-state index contributed by atoms with van der Waals surface area (Å²) in [6.45, 7) is 1.74. The first-order chi connectivity index (χ1) is 13.0. The number of ether oxygens (including phenoxy) is 1. The fourth-order valence-electron chi connectivity index (χ4n) is 2.46. The first kappa shape index (κ1) is 18.0. The quantitative estimate of drug-likeness (QED) is 0.742. The maximum Gasteiger partial charge on any atom is 0.339 e. The average Bonchev–Trinajstić information content (AvgIpc) is 2.67. The van der Waals surface area contributed by atoms with Crippen molar-refractivity contribution in [2.75, 3.05) is 0 Å². The van der Waals surface area contributed by atoms with Crippen molar-refractivity contribution in [3.8, 4) is 23.2 Å². The van der Waals surface area contributed by atoms with Crippen LogP contribution in [0.25, 0.3) is 11.4 Å². The van der Waals surface area contributed by atoms with Crippen molar-refractivity contribution in [2.45, 2.75) is 13.5 Å². The highest BCUT2D eigenvalue weighted by molar-refractivity contribution is 5.88. The Morgan fingerprint density at radius 3 is 2.63 bits per heavy atom. The monoisotopic (exact) mass is 363 g/mol. The molecule has 0 spiro atoms. The van der Waals surface area contributed by atoms with Gasteiger partial charge in [0, 0.05) is 17.3 Å². The van der Waals surface area contributed by atoms with Crippen LogP contribution in [0.2, 0.25) is 0 Å². The smallest absolute Gasteiger partial charge is 0.339 e. The number of aryl methyl sites for hydroxylation is 1. The Hall–Kier alpha value is -3.79. The number of nitrogens with zero attached hydrogens (tertiary/aromatic N) is 3. The van der Waals surface area contributed by atoms with Gasteiger partial charge in [-0.15, -0.1) is 0 Å². The fourth-order valence-corrected chi connectivity index (χ4v) is 2.46. The van der Waals surface area contributed by atoms with Gasteiger partial charge < -0.3 is 9.84 Å². The van der Waals surface area contributed by atoms with Crippen molar-refractivity contribution >= 4 is 5.97 Å². The molecular formula is C20H14FN3O3. The summed E-state index contributed by atoms with van der Waals surface area (Å²) in [7, 11) is 0. The normalized spacial score (nSPS) is 10.3. The molecule has 0 atom stereocenters. The molecule has 0 aliphatic carbocycles. The summed E-state index contributed by atoms with van der Waals surface area (Å²) in [5, 5.41) is 18.1. The van der Waals surface area contributed by atoms with Crippen molar-refractivity contribution in [1.82, 2.24) is 9.97 Å². The lowest BCUT2D eigenvalue weighted by Crippen LogP contribution is -2.04. The zero-order valence-corrected chi connectivity index (χ0v) is 14.3. The van der Waals surface area contributed by atoms with E-state index in [0.29, 0.717) is 28.4 Å². The maximum atomic E-state index is 13.2. The van der Waals surface area contributed by atoms with Crippen LogP contribution in [0.15, 0.2) is 48.7 Å². The molecule has 6 nitrogen and oxygen atoms in total. The minimum atomic E-state index is -1.07. The molecular weight excluding hydrogens is 349 g/mol. The van der Waals surface area contributed by atoms with E-state index in [9.17, 15) is 9.18 Å². The third-order valence-corrected chi connectivity index (χ3v) is 3.91. The molecule has 3 aromatic rings. The summed E-state index contributed by atoms with van der Waals surface area (Å²) < 4.78 is 18.8. The third kappa shape index (κ3) is 4.07. The predicted octanol–water partition coefficient (Wildman–Crippen LogP) is 3.74. The molecule has 0 saturated carbocycles. The van der Waals surface area contributed by atoms with Gasteiger partial charge in [0.1, 0.15) is 18.2 Å². The molecule has 0 fully saturated rings. The number of carboxylic acids is 1. The minimum Gasteiger partial charge on any atom is -0.489 e. The van der Waals surface area contributed by atoms with Crippen LogP contribution in [0.5, 0.6) is 5.75 Å². The zero-order valence-electron chi connectivity index (χ0n) is 14.3. The van der Waals surface area contributed by atoms with Gasteiger partial charge in [-0.05, 0) is 43.3 Å². The van der Waals surface area contributed by atoms with Crippen LogP contribution >= 0.6 is 0 Å². The Balaban J connectivity index is 1.74. The molecule has 0 radical (unpaired) electrons. The highest BCUT2D eigenvalue weighted by Gasteiger charge is 2.11. The Kier molecular flexibility index (Phi) is 5.08. The van der Waals surface area contributed by atoms with E-state index in [1.807, 2.05) is 6.07 Å². The lowest BCUT2D eigenvalue weighted by Gasteiger charge is -2.09. The Labute approximate surface area is 154 Å². The van der Waals surface area contributed by atoms with Crippen LogP contribution in [0, 0.1) is 24.1 Å². The van der Waals surface area contributed by atoms with Crippen LogP contribution < -0.4 is 4.74 Å². The summed E-state index contributed by atoms with van der Waals surface area (Å²) in [6, 6.07) is 12.8. The highest BCUT2D eigenvalue weighted by Crippen LogP contribution is 2.21. The zero-order chi connectivity index (χ0) is 19.4. The van der Waals surface area contributed by atoms with E-state index >= 15 is 0 Å². The Morgan fingerprint density at radius 2 is 2.00 bits per heavy atom. The standard InChI is InChI=1S/C20H14FN3O3/c1-12-18(20(25)26)10-23-19(24-12)13-3-6-17(7-4-13)27-11-14-2-5-16(21)8-15(14)9-22/h2-8,10H,11H2,1H3,(H,25,26). The third-order valence-electron chi connectivity index (χ3n) is 3.91. The largest absolute Gasteiger partial charge is 0.489 e. The molecule has 0 amide bonds. The second-order valence-corrected chi connectivity index (χ2v) is 5.72. The van der Waals surface area contributed by atoms with Gasteiger partial charge in [-0.1, -0.05) is 6.07 Å². The summed E-state index contributed by atoms with van der Waals surface area (Å²) >= 11 is 0. The number of carboxylic acid groups (broad SMARTS) is 1. The average molecular weight is 363 g/mol. The van der Waals surface area contributed by atoms with Crippen molar-refractivity contribution in [3.63, 3.8) is 0 Å². The summed E-state index contributed by atoms with van der Waals surface area (Å²) in [5.74, 6) is -0.565. The number of hydrogen-bond acceptors (Lipinski definition) is 5. The molecule has 2 aromatic carbocycles. The Bertz CT molecular complexity index is 1040. The SMILES string of the molecule is Cc1nc(-c2ccc(OCc3ccc(F)cc3C#N)cc2)ncc1C(=O)O. The molecule has 3 rings (SSSR count). The summed E-state index contributed by atoms with van der Waals surface area (Å²) in [6.07, 6.45) is 1.28. The van der Waals surface area contributed by atoms with Gasteiger partial charge in [0.15, 0.2) is 5.82 Å². The molecule has 134 valence electrons. The number of nitriles is 1. The minimum absolute atomic E-state index is 0.0614. The topological polar surface area (TPSA) is 96.1 Å². The molecule has 1 heterocycles. The fraction of sp³-hybridized carbons (Fsp3) is 0.100. The molecule has 27 heavy (non-hydrogen) atoms. The predicted molar refractivity (Wildman–Crippen MR) is 94.6 cm³/mol. The van der Waals surface area contributed by atoms with Crippen molar-refractivity contribution in [3.05, 3.63) is 76.9 Å². The first-order valence-electron chi connectivity index (χ1n) is 7.96. The molecule has 0 aliphatic rings. The van der Waals surface area contributed by atoms with E-state index in [0.717, 1.165) is 0 Å². The number of hydrogen-bond donors (Lipinski definition) is 1. The van der Waals surface area contributed by atoms with Gasteiger partial charge in [0.05, 0.1) is 22.9 Å². The van der Waals surface area contributed by atoms with Gasteiger partial charge in [-0.25, -0.2) is 19.2 Å². The van der Waals surface area contributed by atoms with Gasteiger partial charge in [-0.2, -0.15) is 5.26 Å². The van der Waals surface area contributed by atoms with Crippen LogP contribution in [-0.2, 0) is 6.61 Å². The maximum absolute atomic E-state index is 13.2. The molecule has 1 aromatic heterocycles. The van der Waals surface area contributed by atoms with Crippen LogP contribution in [0.1, 0.15) is 27.2 Å². The molecule has 7 heteroatoms. The lowest BCUT2D eigenvalue weighted by atomic mass is 10.1. The molecule has 0 aliphatic heterocycles. The number of carbonyl (C=O) groups is 1. The van der Waals surface area contributed by atoms with Crippen LogP contribution in [0.4, 0.5) is 4.39 Å². The molecule has 0 bridgehead atoms. The second-order valence-electron chi connectivity index (χ2n) is 5.72. The van der Waals surface area contributed by atoms with E-state index in [-0.39, 0.29) is 17.7 Å². The lowest BCUT2D eigenvalue weighted by molar-refractivity contribution is 0.0695. The van der Waals surface area contributed by atoms with Gasteiger partial charge in [0.2, 0.25) is 0 Å². The van der Waals surface area contributed by atoms with Crippen molar-refractivity contribution in [1.29, 1.82) is 5.26 Å². The second kappa shape index (κ2) is 7.62. The van der Waals surface area contributed by atoms with E-state index in [2.05, 4.69) is 9.97 Å². The number of rotatable bonds is 5.